The van der Waals surface area contributed by atoms with Gasteiger partial charge in [-0.2, -0.15) is 5.11 Å². The maximum absolute atomic E-state index is 12.4. The summed E-state index contributed by atoms with van der Waals surface area (Å²) in [6.45, 7) is 4.65. The summed E-state index contributed by atoms with van der Waals surface area (Å²) in [6.07, 6.45) is 4.24. The molecule has 9 heteroatoms. The second-order valence-corrected chi connectivity index (χ2v) is 6.09. The van der Waals surface area contributed by atoms with Gasteiger partial charge in [0.1, 0.15) is 0 Å². The third kappa shape index (κ3) is 5.68. The zero-order chi connectivity index (χ0) is 21.4. The van der Waals surface area contributed by atoms with Gasteiger partial charge in [-0.15, -0.1) is 5.11 Å². The van der Waals surface area contributed by atoms with Gasteiger partial charge in [-0.25, -0.2) is 14.6 Å². The van der Waals surface area contributed by atoms with Crippen LogP contribution in [0.4, 0.5) is 5.69 Å². The summed E-state index contributed by atoms with van der Waals surface area (Å²) in [6, 6.07) is 6.13. The molecule has 152 valence electrons. The number of hydrogen-bond donors (Lipinski definition) is 1. The van der Waals surface area contributed by atoms with Crippen LogP contribution in [0.5, 0.6) is 0 Å². The summed E-state index contributed by atoms with van der Waals surface area (Å²) < 4.78 is 10.5. The molecular weight excluding hydrogens is 378 g/mol. The van der Waals surface area contributed by atoms with E-state index in [9.17, 15) is 14.4 Å². The molecule has 9 nitrogen and oxygen atoms in total. The molecule has 1 aliphatic heterocycles. The molecule has 1 unspecified atom stereocenters. The number of rotatable bonds is 9. The number of Topliss-reactive ketones (excluding diaryl/α,β-unsaturated/α-hetero) is 1. The van der Waals surface area contributed by atoms with E-state index >= 15 is 0 Å². The molecule has 29 heavy (non-hydrogen) atoms. The fourth-order valence-electron chi connectivity index (χ4n) is 2.15. The molecule has 2 rings (SSSR count). The van der Waals surface area contributed by atoms with Gasteiger partial charge in [-0.05, 0) is 38.1 Å². The number of benzene rings is 1. The maximum Gasteiger partial charge on any atom is 0.338 e. The molecule has 0 bridgehead atoms. The van der Waals surface area contributed by atoms with Gasteiger partial charge in [0.2, 0.25) is 5.90 Å². The Bertz CT molecular complexity index is 915. The van der Waals surface area contributed by atoms with Gasteiger partial charge in [0.15, 0.2) is 5.78 Å². The fourth-order valence-corrected chi connectivity index (χ4v) is 2.15. The Kier molecular flexibility index (Phi) is 7.13. The quantitative estimate of drug-likeness (QED) is 0.384. The Morgan fingerprint density at radius 2 is 1.86 bits per heavy atom. The van der Waals surface area contributed by atoms with E-state index in [0.29, 0.717) is 11.3 Å². The first kappa shape index (κ1) is 21.7. The lowest BCUT2D eigenvalue weighted by molar-refractivity contribution is -0.134. The van der Waals surface area contributed by atoms with Crippen molar-refractivity contribution in [3.05, 3.63) is 53.8 Å². The van der Waals surface area contributed by atoms with Gasteiger partial charge in [-0.3, -0.25) is 4.79 Å². The van der Waals surface area contributed by atoms with Gasteiger partial charge in [0.25, 0.3) is 5.72 Å². The topological polar surface area (TPSA) is 127 Å². The molecule has 1 N–H and O–H groups in total. The SMILES string of the molecule is CCOC(=O)c1ccc(N=NC(CC=C(C)C(=O)O)(OC2=NC=C2)C(C)=O)cc1. The lowest BCUT2D eigenvalue weighted by Gasteiger charge is -2.26. The molecule has 0 saturated carbocycles. The fraction of sp³-hybridized carbons (Fsp3) is 0.300. The minimum absolute atomic E-state index is 0.0410. The van der Waals surface area contributed by atoms with E-state index in [2.05, 4.69) is 15.2 Å². The smallest absolute Gasteiger partial charge is 0.338 e. The number of carbonyl (C=O) groups excluding carboxylic acids is 2. The number of nitrogens with zero attached hydrogens (tertiary/aromatic N) is 3. The van der Waals surface area contributed by atoms with Crippen LogP contribution in [0.2, 0.25) is 0 Å². The van der Waals surface area contributed by atoms with Gasteiger partial charge in [0.05, 0.1) is 17.9 Å². The lowest BCUT2D eigenvalue weighted by atomic mass is 10.0. The number of carboxylic acids is 1. The minimum atomic E-state index is -1.76. The molecule has 0 aliphatic carbocycles. The van der Waals surface area contributed by atoms with Crippen LogP contribution in [0, 0.1) is 0 Å². The second kappa shape index (κ2) is 9.54. The Balaban J connectivity index is 2.30. The third-order valence-corrected chi connectivity index (χ3v) is 3.97. The van der Waals surface area contributed by atoms with Crippen LogP contribution in [0.3, 0.4) is 0 Å². The summed E-state index contributed by atoms with van der Waals surface area (Å²) in [5.74, 6) is -1.85. The second-order valence-electron chi connectivity index (χ2n) is 6.09. The number of aliphatic carboxylic acids is 1. The summed E-state index contributed by atoms with van der Waals surface area (Å²) in [4.78, 5) is 39.0. The van der Waals surface area contributed by atoms with Crippen LogP contribution in [0.25, 0.3) is 0 Å². The number of hydrogen-bond acceptors (Lipinski definition) is 8. The number of ether oxygens (including phenoxy) is 2. The Morgan fingerprint density at radius 3 is 2.34 bits per heavy atom. The summed E-state index contributed by atoms with van der Waals surface area (Å²) >= 11 is 0. The molecule has 1 aromatic carbocycles. The predicted octanol–water partition coefficient (Wildman–Crippen LogP) is 3.60. The van der Waals surface area contributed by atoms with Crippen molar-refractivity contribution >= 4 is 29.3 Å². The summed E-state index contributed by atoms with van der Waals surface area (Å²) in [7, 11) is 0. The molecule has 1 atom stereocenters. The minimum Gasteiger partial charge on any atom is -0.478 e. The molecule has 0 amide bonds. The molecule has 1 aliphatic rings. The van der Waals surface area contributed by atoms with E-state index in [1.807, 2.05) is 0 Å². The van der Waals surface area contributed by atoms with Gasteiger partial charge >= 0.3 is 11.9 Å². The maximum atomic E-state index is 12.4. The Labute approximate surface area is 167 Å². The molecule has 0 aromatic heterocycles. The van der Waals surface area contributed by atoms with Crippen LogP contribution in [0.1, 0.15) is 37.6 Å². The zero-order valence-electron chi connectivity index (χ0n) is 16.3. The highest BCUT2D eigenvalue weighted by Gasteiger charge is 2.39. The van der Waals surface area contributed by atoms with Crippen molar-refractivity contribution in [1.82, 2.24) is 0 Å². The molecule has 0 saturated heterocycles. The first-order valence-corrected chi connectivity index (χ1v) is 8.82. The predicted molar refractivity (Wildman–Crippen MR) is 104 cm³/mol. The van der Waals surface area contributed by atoms with Crippen molar-refractivity contribution in [2.75, 3.05) is 6.61 Å². The van der Waals surface area contributed by atoms with Gasteiger partial charge in [-0.1, -0.05) is 6.08 Å². The van der Waals surface area contributed by atoms with E-state index in [1.54, 1.807) is 25.1 Å². The normalized spacial score (nSPS) is 15.3. The number of carboxylic acid groups (broad SMARTS) is 1. The number of azo groups is 1. The highest BCUT2D eigenvalue weighted by Crippen LogP contribution is 2.27. The van der Waals surface area contributed by atoms with Gasteiger partial charge in [0, 0.05) is 31.2 Å². The van der Waals surface area contributed by atoms with Crippen LogP contribution in [-0.4, -0.2) is 41.1 Å². The van der Waals surface area contributed by atoms with Crippen molar-refractivity contribution in [3.8, 4) is 0 Å². The van der Waals surface area contributed by atoms with E-state index in [4.69, 9.17) is 14.6 Å². The summed E-state index contributed by atoms with van der Waals surface area (Å²) in [5, 5.41) is 17.2. The van der Waals surface area contributed by atoms with Crippen molar-refractivity contribution in [3.63, 3.8) is 0 Å². The van der Waals surface area contributed by atoms with Crippen LogP contribution in [-0.2, 0) is 19.1 Å². The number of esters is 1. The van der Waals surface area contributed by atoms with Crippen molar-refractivity contribution < 1.29 is 29.0 Å². The van der Waals surface area contributed by atoms with E-state index < -0.39 is 23.4 Å². The number of aliphatic imine (C=N–C) groups is 1. The third-order valence-electron chi connectivity index (χ3n) is 3.97. The van der Waals surface area contributed by atoms with Crippen LogP contribution >= 0.6 is 0 Å². The van der Waals surface area contributed by atoms with Crippen LogP contribution in [0.15, 0.2) is 63.4 Å². The molecule has 1 aromatic rings. The molecule has 1 heterocycles. The average Bonchev–Trinajstić information content (AvgIpc) is 2.66. The number of ketones is 1. The molecule has 0 spiro atoms. The summed E-state index contributed by atoms with van der Waals surface area (Å²) in [5.41, 5.74) is -0.995. The van der Waals surface area contributed by atoms with Crippen molar-refractivity contribution in [1.29, 1.82) is 0 Å². The van der Waals surface area contributed by atoms with Crippen molar-refractivity contribution in [2.45, 2.75) is 32.9 Å². The Hall–Kier alpha value is -3.62. The highest BCUT2D eigenvalue weighted by atomic mass is 16.5. The first-order valence-electron chi connectivity index (χ1n) is 8.82. The van der Waals surface area contributed by atoms with Crippen molar-refractivity contribution in [2.24, 2.45) is 15.2 Å². The monoisotopic (exact) mass is 399 g/mol. The standard InChI is InChI=1S/C20H21N3O6/c1-4-28-19(27)15-5-7-16(8-6-15)22-23-20(14(3)24,29-17-10-12-21-17)11-9-13(2)18(25)26/h5-10,12H,4,11H2,1-3H3,(H,25,26). The molecular formula is C20H21N3O6. The molecule has 0 radical (unpaired) electrons. The van der Waals surface area contributed by atoms with E-state index in [0.717, 1.165) is 0 Å². The van der Waals surface area contributed by atoms with E-state index in [1.165, 1.54) is 38.3 Å². The Morgan fingerprint density at radius 1 is 1.21 bits per heavy atom. The average molecular weight is 399 g/mol. The highest BCUT2D eigenvalue weighted by molar-refractivity contribution is 5.96. The van der Waals surface area contributed by atoms with Crippen LogP contribution < -0.4 is 0 Å². The number of carbonyl (C=O) groups is 3. The first-order chi connectivity index (χ1) is 13.8. The molecule has 0 fully saturated rings. The van der Waals surface area contributed by atoms with Gasteiger partial charge < -0.3 is 14.6 Å². The lowest BCUT2D eigenvalue weighted by Crippen LogP contribution is -2.40. The largest absolute Gasteiger partial charge is 0.478 e. The van der Waals surface area contributed by atoms with E-state index in [-0.39, 0.29) is 24.5 Å². The zero-order valence-corrected chi connectivity index (χ0v) is 16.3.